The van der Waals surface area contributed by atoms with Gasteiger partial charge in [-0.25, -0.2) is 5.43 Å². The molecule has 0 saturated heterocycles. The van der Waals surface area contributed by atoms with Gasteiger partial charge in [0, 0.05) is 15.3 Å². The zero-order valence-electron chi connectivity index (χ0n) is 12.4. The fourth-order valence-corrected chi connectivity index (χ4v) is 3.27. The van der Waals surface area contributed by atoms with Crippen LogP contribution in [-0.2, 0) is 0 Å². The Labute approximate surface area is 124 Å². The molecule has 0 saturated carbocycles. The lowest BCUT2D eigenvalue weighted by Gasteiger charge is -2.20. The fourth-order valence-electron chi connectivity index (χ4n) is 2.15. The second-order valence-corrected chi connectivity index (χ2v) is 6.48. The van der Waals surface area contributed by atoms with Gasteiger partial charge in [-0.2, -0.15) is 0 Å². The molecule has 3 N–H and O–H groups in total. The van der Waals surface area contributed by atoms with E-state index < -0.39 is 0 Å². The minimum atomic E-state index is -0.0395. The van der Waals surface area contributed by atoms with E-state index in [9.17, 15) is 0 Å². The highest BCUT2D eigenvalue weighted by atomic mass is 32.1. The van der Waals surface area contributed by atoms with Gasteiger partial charge >= 0.3 is 0 Å². The number of rotatable bonds is 5. The van der Waals surface area contributed by atoms with Gasteiger partial charge in [-0.3, -0.25) is 5.84 Å². The van der Waals surface area contributed by atoms with Crippen LogP contribution in [-0.4, -0.2) is 6.10 Å². The van der Waals surface area contributed by atoms with Crippen LogP contribution >= 0.6 is 11.3 Å². The molecule has 1 aromatic heterocycles. The lowest BCUT2D eigenvalue weighted by molar-refractivity contribution is 0.238. The van der Waals surface area contributed by atoms with Crippen molar-refractivity contribution in [2.45, 2.75) is 39.8 Å². The van der Waals surface area contributed by atoms with Crippen LogP contribution in [0.3, 0.4) is 0 Å². The summed E-state index contributed by atoms with van der Waals surface area (Å²) in [6.07, 6.45) is 0.140. The Balaban J connectivity index is 2.41. The number of nitrogens with one attached hydrogen (secondary N) is 1. The van der Waals surface area contributed by atoms with Crippen molar-refractivity contribution < 1.29 is 4.74 Å². The topological polar surface area (TPSA) is 47.3 Å². The van der Waals surface area contributed by atoms with Gasteiger partial charge in [0.2, 0.25) is 0 Å². The first-order valence-electron chi connectivity index (χ1n) is 6.81. The van der Waals surface area contributed by atoms with Crippen molar-refractivity contribution in [1.82, 2.24) is 5.43 Å². The van der Waals surface area contributed by atoms with E-state index in [1.54, 1.807) is 11.3 Å². The monoisotopic (exact) mass is 290 g/mol. The van der Waals surface area contributed by atoms with Crippen LogP contribution in [0.5, 0.6) is 5.75 Å². The van der Waals surface area contributed by atoms with E-state index in [4.69, 9.17) is 10.6 Å². The van der Waals surface area contributed by atoms with Gasteiger partial charge < -0.3 is 4.74 Å². The molecule has 2 aromatic rings. The van der Waals surface area contributed by atoms with Gasteiger partial charge in [-0.15, -0.1) is 11.3 Å². The molecule has 0 fully saturated rings. The average Bonchev–Trinajstić information content (AvgIpc) is 2.72. The molecular weight excluding hydrogens is 268 g/mol. The molecule has 1 unspecified atom stereocenters. The molecule has 1 aromatic carbocycles. The van der Waals surface area contributed by atoms with Gasteiger partial charge in [-0.05, 0) is 45.4 Å². The van der Waals surface area contributed by atoms with Crippen LogP contribution in [0.25, 0.3) is 0 Å². The van der Waals surface area contributed by atoms with Crippen LogP contribution in [0, 0.1) is 13.8 Å². The fraction of sp³-hybridized carbons (Fsp3) is 0.375. The quantitative estimate of drug-likeness (QED) is 0.652. The molecule has 20 heavy (non-hydrogen) atoms. The maximum absolute atomic E-state index is 5.90. The minimum absolute atomic E-state index is 0.0395. The number of hydrogen-bond donors (Lipinski definition) is 2. The largest absolute Gasteiger partial charge is 0.491 e. The second-order valence-electron chi connectivity index (χ2n) is 5.19. The third-order valence-corrected chi connectivity index (χ3v) is 4.45. The van der Waals surface area contributed by atoms with E-state index in [0.717, 1.165) is 11.3 Å². The molecule has 0 aliphatic carbocycles. The van der Waals surface area contributed by atoms with Crippen molar-refractivity contribution in [2.24, 2.45) is 5.84 Å². The van der Waals surface area contributed by atoms with Gasteiger partial charge in [-0.1, -0.05) is 18.2 Å². The summed E-state index contributed by atoms with van der Waals surface area (Å²) >= 11 is 1.77. The Kier molecular flexibility index (Phi) is 4.81. The number of benzene rings is 1. The van der Waals surface area contributed by atoms with Crippen molar-refractivity contribution in [3.63, 3.8) is 0 Å². The van der Waals surface area contributed by atoms with Gasteiger partial charge in [0.05, 0.1) is 12.1 Å². The van der Waals surface area contributed by atoms with Crippen LogP contribution in [0.2, 0.25) is 0 Å². The summed E-state index contributed by atoms with van der Waals surface area (Å²) in [5.74, 6) is 6.68. The molecule has 108 valence electrons. The number of aryl methyl sites for hydroxylation is 2. The third kappa shape index (κ3) is 3.20. The van der Waals surface area contributed by atoms with E-state index in [2.05, 4.69) is 31.4 Å². The number of nitrogens with two attached hydrogens (primary N) is 1. The Morgan fingerprint density at radius 3 is 2.45 bits per heavy atom. The predicted molar refractivity (Wildman–Crippen MR) is 85.2 cm³/mol. The number of ether oxygens (including phenoxy) is 1. The third-order valence-electron chi connectivity index (χ3n) is 3.23. The minimum Gasteiger partial charge on any atom is -0.491 e. The summed E-state index contributed by atoms with van der Waals surface area (Å²) in [7, 11) is 0. The molecule has 0 aliphatic heterocycles. The number of hydrazine groups is 1. The van der Waals surface area contributed by atoms with Crippen LogP contribution in [0.15, 0.2) is 30.3 Å². The van der Waals surface area contributed by atoms with E-state index in [1.807, 2.05) is 32.0 Å². The van der Waals surface area contributed by atoms with E-state index in [0.29, 0.717) is 0 Å². The lowest BCUT2D eigenvalue weighted by atomic mass is 10.0. The molecule has 0 spiro atoms. The first-order valence-corrected chi connectivity index (χ1v) is 7.63. The number of hydrogen-bond acceptors (Lipinski definition) is 4. The van der Waals surface area contributed by atoms with Crippen molar-refractivity contribution >= 4 is 11.3 Å². The molecule has 0 aliphatic rings. The first-order chi connectivity index (χ1) is 9.52. The highest BCUT2D eigenvalue weighted by molar-refractivity contribution is 7.12. The zero-order chi connectivity index (χ0) is 14.7. The molecule has 3 nitrogen and oxygen atoms in total. The van der Waals surface area contributed by atoms with E-state index >= 15 is 0 Å². The Morgan fingerprint density at radius 2 is 1.90 bits per heavy atom. The van der Waals surface area contributed by atoms with Crippen molar-refractivity contribution in [2.75, 3.05) is 0 Å². The van der Waals surface area contributed by atoms with Crippen LogP contribution < -0.4 is 16.0 Å². The highest BCUT2D eigenvalue weighted by Crippen LogP contribution is 2.34. The SMILES string of the molecule is Cc1cc(C(NN)c2ccccc2OC(C)C)sc1C. The Hall–Kier alpha value is -1.36. The average molecular weight is 290 g/mol. The smallest absolute Gasteiger partial charge is 0.124 e. The number of para-hydroxylation sites is 1. The standard InChI is InChI=1S/C16H22N2OS/c1-10(2)19-14-8-6-5-7-13(14)16(18-17)15-9-11(3)12(4)20-15/h5-10,16,18H,17H2,1-4H3. The highest BCUT2D eigenvalue weighted by Gasteiger charge is 2.19. The van der Waals surface area contributed by atoms with Crippen LogP contribution in [0.4, 0.5) is 0 Å². The van der Waals surface area contributed by atoms with Crippen molar-refractivity contribution in [1.29, 1.82) is 0 Å². The molecule has 2 rings (SSSR count). The summed E-state index contributed by atoms with van der Waals surface area (Å²) in [6.45, 7) is 8.31. The summed E-state index contributed by atoms with van der Waals surface area (Å²) < 4.78 is 5.90. The summed E-state index contributed by atoms with van der Waals surface area (Å²) in [5.41, 5.74) is 5.29. The summed E-state index contributed by atoms with van der Waals surface area (Å²) in [5, 5.41) is 0. The molecule has 1 atom stereocenters. The zero-order valence-corrected chi connectivity index (χ0v) is 13.3. The second kappa shape index (κ2) is 6.39. The molecule has 4 heteroatoms. The van der Waals surface area contributed by atoms with E-state index in [-0.39, 0.29) is 12.1 Å². The molecule has 1 heterocycles. The van der Waals surface area contributed by atoms with Crippen LogP contribution in [0.1, 0.15) is 40.8 Å². The molecule has 0 radical (unpaired) electrons. The van der Waals surface area contributed by atoms with Gasteiger partial charge in [0.1, 0.15) is 5.75 Å². The maximum Gasteiger partial charge on any atom is 0.124 e. The first kappa shape index (κ1) is 15.0. The van der Waals surface area contributed by atoms with Crippen molar-refractivity contribution in [3.05, 3.63) is 51.2 Å². The Bertz CT molecular complexity index is 558. The molecule has 0 amide bonds. The molecular formula is C16H22N2OS. The lowest BCUT2D eigenvalue weighted by Crippen LogP contribution is -2.28. The molecule has 0 bridgehead atoms. The number of thiophene rings is 1. The van der Waals surface area contributed by atoms with Gasteiger partial charge in [0.25, 0.3) is 0 Å². The normalized spacial score (nSPS) is 12.7. The van der Waals surface area contributed by atoms with Crippen molar-refractivity contribution in [3.8, 4) is 5.75 Å². The maximum atomic E-state index is 5.90. The predicted octanol–water partition coefficient (Wildman–Crippen LogP) is 3.70. The Morgan fingerprint density at radius 1 is 1.20 bits per heavy atom. The van der Waals surface area contributed by atoms with E-state index in [1.165, 1.54) is 15.3 Å². The summed E-state index contributed by atoms with van der Waals surface area (Å²) in [6, 6.07) is 10.2. The summed E-state index contributed by atoms with van der Waals surface area (Å²) in [4.78, 5) is 2.53. The van der Waals surface area contributed by atoms with Gasteiger partial charge in [0.15, 0.2) is 0 Å².